The quantitative estimate of drug-likeness (QED) is 0.576. The average Bonchev–Trinajstić information content (AvgIpc) is 2.15. The molecule has 0 unspecified atom stereocenters. The highest BCUT2D eigenvalue weighted by Crippen LogP contribution is 1.97. The Labute approximate surface area is 84.9 Å². The van der Waals surface area contributed by atoms with Gasteiger partial charge in [-0.3, -0.25) is 9.59 Å². The predicted molar refractivity (Wildman–Crippen MR) is 46.9 cm³/mol. The van der Waals surface area contributed by atoms with Gasteiger partial charge >= 0.3 is 5.97 Å². The SMILES string of the molecule is O=C(O)CC[n+]1ccc(C(=O)Cl)cn1. The predicted octanol–water partition coefficient (Wildman–Crippen LogP) is 0.223. The summed E-state index contributed by atoms with van der Waals surface area (Å²) in [4.78, 5) is 20.9. The second kappa shape index (κ2) is 4.66. The summed E-state index contributed by atoms with van der Waals surface area (Å²) in [6.45, 7) is 0.270. The molecule has 0 amide bonds. The number of nitrogens with zero attached hydrogens (tertiary/aromatic N) is 2. The van der Waals surface area contributed by atoms with Gasteiger partial charge in [0, 0.05) is 6.07 Å². The number of carboxylic acid groups (broad SMARTS) is 1. The van der Waals surface area contributed by atoms with Crippen molar-refractivity contribution in [2.75, 3.05) is 0 Å². The number of aryl methyl sites for hydroxylation is 1. The molecule has 0 bridgehead atoms. The highest BCUT2D eigenvalue weighted by atomic mass is 35.5. The molecule has 5 nitrogen and oxygen atoms in total. The molecule has 0 radical (unpaired) electrons. The van der Waals surface area contributed by atoms with Crippen molar-refractivity contribution in [3.8, 4) is 0 Å². The topological polar surface area (TPSA) is 71.1 Å². The Morgan fingerprint density at radius 3 is 2.71 bits per heavy atom. The van der Waals surface area contributed by atoms with Crippen molar-refractivity contribution in [3.63, 3.8) is 0 Å². The van der Waals surface area contributed by atoms with Gasteiger partial charge in [-0.2, -0.15) is 0 Å². The van der Waals surface area contributed by atoms with E-state index in [-0.39, 0.29) is 13.0 Å². The maximum absolute atomic E-state index is 10.6. The Morgan fingerprint density at radius 1 is 1.57 bits per heavy atom. The minimum absolute atomic E-state index is 0.00810. The van der Waals surface area contributed by atoms with Gasteiger partial charge in [-0.05, 0) is 16.7 Å². The van der Waals surface area contributed by atoms with Crippen LogP contribution in [0.3, 0.4) is 0 Å². The van der Waals surface area contributed by atoms with Crippen molar-refractivity contribution >= 4 is 22.8 Å². The standard InChI is InChI=1S/C8H7ClN2O3/c9-8(14)6-1-3-11(10-5-6)4-2-7(12)13/h1,3,5H,2,4H2/p+1. The van der Waals surface area contributed by atoms with Crippen LogP contribution < -0.4 is 4.68 Å². The molecule has 74 valence electrons. The van der Waals surface area contributed by atoms with Crippen molar-refractivity contribution in [2.45, 2.75) is 13.0 Å². The molecule has 0 aliphatic rings. The van der Waals surface area contributed by atoms with Gasteiger partial charge in [-0.15, -0.1) is 0 Å². The summed E-state index contributed by atoms with van der Waals surface area (Å²) < 4.78 is 1.43. The molecule has 0 saturated heterocycles. The molecule has 1 rings (SSSR count). The molecule has 1 aromatic heterocycles. The number of aliphatic carboxylic acids is 1. The Morgan fingerprint density at radius 2 is 2.29 bits per heavy atom. The third kappa shape index (κ3) is 3.10. The second-order valence-corrected chi connectivity index (χ2v) is 2.94. The van der Waals surface area contributed by atoms with Crippen LogP contribution in [0, 0.1) is 0 Å². The largest absolute Gasteiger partial charge is 0.481 e. The first-order valence-electron chi connectivity index (χ1n) is 3.87. The molecular formula is C8H8ClN2O3+. The lowest BCUT2D eigenvalue weighted by atomic mass is 10.3. The van der Waals surface area contributed by atoms with Crippen LogP contribution in [0.25, 0.3) is 0 Å². The van der Waals surface area contributed by atoms with E-state index in [1.165, 1.54) is 23.1 Å². The number of hydrogen-bond acceptors (Lipinski definition) is 3. The zero-order valence-corrected chi connectivity index (χ0v) is 7.94. The second-order valence-electron chi connectivity index (χ2n) is 2.60. The third-order valence-corrected chi connectivity index (χ3v) is 1.77. The lowest BCUT2D eigenvalue weighted by molar-refractivity contribution is -0.753. The highest BCUT2D eigenvalue weighted by Gasteiger charge is 2.08. The van der Waals surface area contributed by atoms with Gasteiger partial charge in [0.1, 0.15) is 12.6 Å². The number of carbonyl (C=O) groups is 2. The lowest BCUT2D eigenvalue weighted by Gasteiger charge is -1.92. The first-order valence-corrected chi connectivity index (χ1v) is 4.25. The normalized spacial score (nSPS) is 9.79. The van der Waals surface area contributed by atoms with Crippen LogP contribution in [-0.4, -0.2) is 21.4 Å². The summed E-state index contributed by atoms with van der Waals surface area (Å²) >= 11 is 5.20. The molecule has 1 heterocycles. The molecule has 0 spiro atoms. The summed E-state index contributed by atoms with van der Waals surface area (Å²) in [5.41, 5.74) is 0.290. The maximum atomic E-state index is 10.6. The lowest BCUT2D eigenvalue weighted by Crippen LogP contribution is -2.38. The van der Waals surface area contributed by atoms with Crippen LogP contribution in [0.4, 0.5) is 0 Å². The van der Waals surface area contributed by atoms with Crippen LogP contribution in [-0.2, 0) is 11.3 Å². The molecule has 1 aromatic rings. The van der Waals surface area contributed by atoms with Gasteiger partial charge in [0.05, 0.1) is 5.56 Å². The summed E-state index contributed by atoms with van der Waals surface area (Å²) in [5, 5.41) is 11.6. The van der Waals surface area contributed by atoms with Gasteiger partial charge < -0.3 is 5.11 Å². The van der Waals surface area contributed by atoms with Gasteiger partial charge in [0.15, 0.2) is 12.7 Å². The van der Waals surface area contributed by atoms with E-state index in [0.717, 1.165) is 0 Å². The number of carboxylic acids is 1. The summed E-state index contributed by atoms with van der Waals surface area (Å²) in [6, 6.07) is 1.49. The van der Waals surface area contributed by atoms with E-state index in [9.17, 15) is 9.59 Å². The van der Waals surface area contributed by atoms with E-state index < -0.39 is 11.2 Å². The smallest absolute Gasteiger partial charge is 0.309 e. The monoisotopic (exact) mass is 215 g/mol. The summed E-state index contributed by atoms with van der Waals surface area (Å²) in [5.74, 6) is -0.892. The fourth-order valence-corrected chi connectivity index (χ4v) is 0.955. The Kier molecular flexibility index (Phi) is 3.53. The highest BCUT2D eigenvalue weighted by molar-refractivity contribution is 6.67. The Bertz CT molecular complexity index is 350. The van der Waals surface area contributed by atoms with Crippen LogP contribution >= 0.6 is 11.6 Å². The molecule has 6 heteroatoms. The molecule has 14 heavy (non-hydrogen) atoms. The minimum atomic E-state index is -0.892. The van der Waals surface area contributed by atoms with Crippen molar-refractivity contribution in [1.82, 2.24) is 5.10 Å². The van der Waals surface area contributed by atoms with E-state index >= 15 is 0 Å². The van der Waals surface area contributed by atoms with E-state index in [1.807, 2.05) is 0 Å². The number of halogens is 1. The van der Waals surface area contributed by atoms with Gasteiger partial charge in [-0.25, -0.2) is 0 Å². The van der Waals surface area contributed by atoms with Crippen molar-refractivity contribution in [2.24, 2.45) is 0 Å². The fraction of sp³-hybridized carbons (Fsp3) is 0.250. The first-order chi connectivity index (χ1) is 6.59. The van der Waals surface area contributed by atoms with E-state index in [2.05, 4.69) is 5.10 Å². The van der Waals surface area contributed by atoms with Crippen LogP contribution in [0.5, 0.6) is 0 Å². The van der Waals surface area contributed by atoms with Crippen LogP contribution in [0.1, 0.15) is 16.8 Å². The molecule has 0 aliphatic heterocycles. The zero-order chi connectivity index (χ0) is 10.6. The van der Waals surface area contributed by atoms with Gasteiger partial charge in [0.2, 0.25) is 0 Å². The molecule has 0 aromatic carbocycles. The van der Waals surface area contributed by atoms with E-state index in [4.69, 9.17) is 16.7 Å². The van der Waals surface area contributed by atoms with Crippen LogP contribution in [0.2, 0.25) is 0 Å². The molecule has 0 saturated carbocycles. The number of aromatic nitrogens is 2. The molecule has 1 N–H and O–H groups in total. The average molecular weight is 216 g/mol. The maximum Gasteiger partial charge on any atom is 0.309 e. The summed E-state index contributed by atoms with van der Waals surface area (Å²) in [7, 11) is 0. The summed E-state index contributed by atoms with van der Waals surface area (Å²) in [6.07, 6.45) is 2.81. The van der Waals surface area contributed by atoms with Gasteiger partial charge in [-0.1, -0.05) is 4.68 Å². The molecular weight excluding hydrogens is 208 g/mol. The van der Waals surface area contributed by atoms with Crippen molar-refractivity contribution in [1.29, 1.82) is 0 Å². The Hall–Kier alpha value is -1.49. The van der Waals surface area contributed by atoms with E-state index in [1.54, 1.807) is 0 Å². The Balaban J connectivity index is 2.64. The zero-order valence-electron chi connectivity index (χ0n) is 7.18. The molecule has 0 atom stereocenters. The molecule has 0 aliphatic carbocycles. The molecule has 0 fully saturated rings. The third-order valence-electron chi connectivity index (χ3n) is 1.55. The fourth-order valence-electron chi connectivity index (χ4n) is 0.843. The number of hydrogen-bond donors (Lipinski definition) is 1. The number of rotatable bonds is 4. The minimum Gasteiger partial charge on any atom is -0.481 e. The van der Waals surface area contributed by atoms with Crippen molar-refractivity contribution < 1.29 is 19.4 Å². The van der Waals surface area contributed by atoms with Crippen LogP contribution in [0.15, 0.2) is 18.5 Å². The van der Waals surface area contributed by atoms with Crippen molar-refractivity contribution in [3.05, 3.63) is 24.0 Å². The number of carbonyl (C=O) groups excluding carboxylic acids is 1. The van der Waals surface area contributed by atoms with E-state index in [0.29, 0.717) is 5.56 Å². The van der Waals surface area contributed by atoms with Gasteiger partial charge in [0.25, 0.3) is 5.24 Å². The first kappa shape index (κ1) is 10.6.